The Morgan fingerprint density at radius 2 is 2.00 bits per heavy atom. The van der Waals surface area contributed by atoms with E-state index in [0.29, 0.717) is 17.2 Å². The lowest BCUT2D eigenvalue weighted by Gasteiger charge is -2.21. The Kier molecular flexibility index (Phi) is 4.11. The summed E-state index contributed by atoms with van der Waals surface area (Å²) in [7, 11) is 0. The van der Waals surface area contributed by atoms with Crippen LogP contribution in [0.3, 0.4) is 0 Å². The van der Waals surface area contributed by atoms with E-state index in [2.05, 4.69) is 15.3 Å². The molecule has 3 nitrogen and oxygen atoms in total. The predicted molar refractivity (Wildman–Crippen MR) is 77.3 cm³/mol. The third kappa shape index (κ3) is 3.27. The highest BCUT2D eigenvalue weighted by atomic mass is 19.4. The molecule has 1 aromatic carbocycles. The molecule has 1 N–H and O–H groups in total. The number of benzene rings is 1. The van der Waals surface area contributed by atoms with Crippen LogP contribution in [-0.2, 0) is 6.18 Å². The largest absolute Gasteiger partial charge is 0.416 e. The molecule has 1 aliphatic rings. The predicted octanol–water partition coefficient (Wildman–Crippen LogP) is 3.63. The van der Waals surface area contributed by atoms with Gasteiger partial charge in [0.15, 0.2) is 0 Å². The van der Waals surface area contributed by atoms with E-state index in [1.54, 1.807) is 18.5 Å². The summed E-state index contributed by atoms with van der Waals surface area (Å²) >= 11 is 0. The van der Waals surface area contributed by atoms with Gasteiger partial charge >= 0.3 is 6.18 Å². The second kappa shape index (κ2) is 6.04. The first kappa shape index (κ1) is 15.0. The molecule has 6 heteroatoms. The molecule has 0 radical (unpaired) electrons. The van der Waals surface area contributed by atoms with Gasteiger partial charge in [-0.15, -0.1) is 0 Å². The van der Waals surface area contributed by atoms with Crippen molar-refractivity contribution in [2.75, 3.05) is 13.1 Å². The maximum atomic E-state index is 12.7. The molecule has 2 heterocycles. The van der Waals surface area contributed by atoms with E-state index in [0.717, 1.165) is 43.8 Å². The lowest BCUT2D eigenvalue weighted by atomic mass is 9.96. The van der Waals surface area contributed by atoms with Crippen molar-refractivity contribution in [3.8, 4) is 11.3 Å². The van der Waals surface area contributed by atoms with Crippen molar-refractivity contribution in [2.45, 2.75) is 24.9 Å². The van der Waals surface area contributed by atoms with Crippen molar-refractivity contribution >= 4 is 0 Å². The fraction of sp³-hybridized carbons (Fsp3) is 0.375. The molecule has 0 amide bonds. The van der Waals surface area contributed by atoms with Crippen LogP contribution in [0.4, 0.5) is 13.2 Å². The molecule has 116 valence electrons. The maximum Gasteiger partial charge on any atom is 0.416 e. The number of alkyl halides is 3. The van der Waals surface area contributed by atoms with E-state index in [1.807, 2.05) is 0 Å². The quantitative estimate of drug-likeness (QED) is 0.920. The summed E-state index contributed by atoms with van der Waals surface area (Å²) < 4.78 is 38.2. The fourth-order valence-electron chi connectivity index (χ4n) is 2.66. The second-order valence-corrected chi connectivity index (χ2v) is 5.45. The van der Waals surface area contributed by atoms with Gasteiger partial charge in [-0.1, -0.05) is 12.1 Å². The van der Waals surface area contributed by atoms with Crippen LogP contribution in [0.2, 0.25) is 0 Å². The van der Waals surface area contributed by atoms with Crippen molar-refractivity contribution in [1.29, 1.82) is 0 Å². The first-order chi connectivity index (χ1) is 10.5. The molecule has 0 bridgehead atoms. The number of nitrogens with one attached hydrogen (secondary N) is 1. The molecule has 2 aromatic rings. The van der Waals surface area contributed by atoms with Gasteiger partial charge in [0.25, 0.3) is 0 Å². The van der Waals surface area contributed by atoms with Gasteiger partial charge in [0.05, 0.1) is 23.1 Å². The monoisotopic (exact) mass is 307 g/mol. The van der Waals surface area contributed by atoms with Crippen LogP contribution in [-0.4, -0.2) is 23.1 Å². The van der Waals surface area contributed by atoms with Crippen molar-refractivity contribution in [3.05, 3.63) is 47.9 Å². The summed E-state index contributed by atoms with van der Waals surface area (Å²) in [5, 5.41) is 3.31. The summed E-state index contributed by atoms with van der Waals surface area (Å²) in [6.07, 6.45) is 1.04. The van der Waals surface area contributed by atoms with E-state index >= 15 is 0 Å². The van der Waals surface area contributed by atoms with Crippen LogP contribution in [0.5, 0.6) is 0 Å². The van der Waals surface area contributed by atoms with Crippen molar-refractivity contribution in [2.24, 2.45) is 0 Å². The van der Waals surface area contributed by atoms with E-state index in [4.69, 9.17) is 0 Å². The minimum atomic E-state index is -4.35. The van der Waals surface area contributed by atoms with Crippen LogP contribution >= 0.6 is 0 Å². The van der Waals surface area contributed by atoms with Gasteiger partial charge in [-0.2, -0.15) is 13.2 Å². The van der Waals surface area contributed by atoms with Gasteiger partial charge in [-0.3, -0.25) is 9.97 Å². The Balaban J connectivity index is 1.83. The smallest absolute Gasteiger partial charge is 0.316 e. The Labute approximate surface area is 126 Å². The van der Waals surface area contributed by atoms with Gasteiger partial charge < -0.3 is 5.32 Å². The standard InChI is InChI=1S/C16H16F3N3/c17-16(18,19)13-5-1-3-11(7-13)14-9-22-15(10-21-14)12-4-2-6-20-8-12/h1,3,5,7,9-10,12,20H,2,4,6,8H2/t12-/m1/s1. The van der Waals surface area contributed by atoms with Crippen molar-refractivity contribution in [1.82, 2.24) is 15.3 Å². The number of hydrogen-bond donors (Lipinski definition) is 1. The number of aromatic nitrogens is 2. The minimum Gasteiger partial charge on any atom is -0.316 e. The van der Waals surface area contributed by atoms with Crippen LogP contribution in [0, 0.1) is 0 Å². The molecule has 1 saturated heterocycles. The van der Waals surface area contributed by atoms with Gasteiger partial charge in [0, 0.05) is 24.2 Å². The molecule has 0 saturated carbocycles. The van der Waals surface area contributed by atoms with Crippen LogP contribution < -0.4 is 5.32 Å². The lowest BCUT2D eigenvalue weighted by Crippen LogP contribution is -2.28. The minimum absolute atomic E-state index is 0.330. The van der Waals surface area contributed by atoms with Gasteiger partial charge in [0.1, 0.15) is 0 Å². The lowest BCUT2D eigenvalue weighted by molar-refractivity contribution is -0.137. The summed E-state index contributed by atoms with van der Waals surface area (Å²) in [6, 6.07) is 5.16. The van der Waals surface area contributed by atoms with E-state index in [-0.39, 0.29) is 0 Å². The van der Waals surface area contributed by atoms with Crippen LogP contribution in [0.25, 0.3) is 11.3 Å². The average Bonchev–Trinajstić information content (AvgIpc) is 2.55. The zero-order valence-electron chi connectivity index (χ0n) is 11.9. The topological polar surface area (TPSA) is 37.8 Å². The van der Waals surface area contributed by atoms with Crippen LogP contribution in [0.15, 0.2) is 36.7 Å². The van der Waals surface area contributed by atoms with E-state index in [1.165, 1.54) is 6.07 Å². The van der Waals surface area contributed by atoms with E-state index in [9.17, 15) is 13.2 Å². The Morgan fingerprint density at radius 3 is 2.64 bits per heavy atom. The molecule has 1 fully saturated rings. The summed E-state index contributed by atoms with van der Waals surface area (Å²) in [4.78, 5) is 8.68. The third-order valence-electron chi connectivity index (χ3n) is 3.87. The first-order valence-corrected chi connectivity index (χ1v) is 7.24. The molecule has 0 unspecified atom stereocenters. The third-order valence-corrected chi connectivity index (χ3v) is 3.87. The highest BCUT2D eigenvalue weighted by Crippen LogP contribution is 2.31. The molecule has 0 aliphatic carbocycles. The number of piperidine rings is 1. The highest BCUT2D eigenvalue weighted by Gasteiger charge is 2.30. The van der Waals surface area contributed by atoms with E-state index < -0.39 is 11.7 Å². The van der Waals surface area contributed by atoms with Crippen LogP contribution in [0.1, 0.15) is 30.0 Å². The summed E-state index contributed by atoms with van der Waals surface area (Å²) in [5.74, 6) is 0.330. The molecule has 0 spiro atoms. The van der Waals surface area contributed by atoms with Gasteiger partial charge in [-0.25, -0.2) is 0 Å². The number of nitrogens with zero attached hydrogens (tertiary/aromatic N) is 2. The summed E-state index contributed by atoms with van der Waals surface area (Å²) in [5.41, 5.74) is 1.10. The number of halogens is 3. The Bertz CT molecular complexity index is 632. The van der Waals surface area contributed by atoms with Gasteiger partial charge in [0.2, 0.25) is 0 Å². The Hall–Kier alpha value is -1.95. The zero-order valence-corrected chi connectivity index (χ0v) is 11.9. The number of rotatable bonds is 2. The molecular weight excluding hydrogens is 291 g/mol. The molecule has 1 aliphatic heterocycles. The molecule has 3 rings (SSSR count). The fourth-order valence-corrected chi connectivity index (χ4v) is 2.66. The second-order valence-electron chi connectivity index (χ2n) is 5.45. The number of hydrogen-bond acceptors (Lipinski definition) is 3. The molecular formula is C16H16F3N3. The maximum absolute atomic E-state index is 12.7. The highest BCUT2D eigenvalue weighted by molar-refractivity contribution is 5.59. The SMILES string of the molecule is FC(F)(F)c1cccc(-c2cnc([C@@H]3CCCNC3)cn2)c1. The first-order valence-electron chi connectivity index (χ1n) is 7.24. The summed E-state index contributed by atoms with van der Waals surface area (Å²) in [6.45, 7) is 1.89. The molecule has 1 aromatic heterocycles. The average molecular weight is 307 g/mol. The Morgan fingerprint density at radius 1 is 1.14 bits per heavy atom. The zero-order chi connectivity index (χ0) is 15.6. The normalized spacial score (nSPS) is 19.1. The molecule has 22 heavy (non-hydrogen) atoms. The van der Waals surface area contributed by atoms with Crippen molar-refractivity contribution in [3.63, 3.8) is 0 Å². The van der Waals surface area contributed by atoms with Gasteiger partial charge in [-0.05, 0) is 31.5 Å². The van der Waals surface area contributed by atoms with Crippen molar-refractivity contribution < 1.29 is 13.2 Å². The molecule has 1 atom stereocenters.